The fourth-order valence-corrected chi connectivity index (χ4v) is 3.78. The Morgan fingerprint density at radius 2 is 1.55 bits per heavy atom. The van der Waals surface area contributed by atoms with Gasteiger partial charge in [0.05, 0.1) is 39.2 Å². The first-order chi connectivity index (χ1) is 18.4. The summed E-state index contributed by atoms with van der Waals surface area (Å²) in [6, 6.07) is 16.7. The molecule has 0 saturated carbocycles. The predicted molar refractivity (Wildman–Crippen MR) is 142 cm³/mol. The molecule has 4 aromatic rings. The van der Waals surface area contributed by atoms with Crippen molar-refractivity contribution < 1.29 is 28.5 Å². The van der Waals surface area contributed by atoms with Crippen LogP contribution in [0.2, 0.25) is 5.02 Å². The number of methoxy groups -OCH3 is 3. The molecule has 0 bridgehead atoms. The highest BCUT2D eigenvalue weighted by molar-refractivity contribution is 6.30. The van der Waals surface area contributed by atoms with Gasteiger partial charge in [-0.15, -0.1) is 5.10 Å². The van der Waals surface area contributed by atoms with E-state index in [1.165, 1.54) is 26.0 Å². The lowest BCUT2D eigenvalue weighted by Crippen LogP contribution is -2.14. The van der Waals surface area contributed by atoms with Gasteiger partial charge in [0.2, 0.25) is 11.6 Å². The highest BCUT2D eigenvalue weighted by atomic mass is 35.5. The Morgan fingerprint density at radius 1 is 0.921 bits per heavy atom. The van der Waals surface area contributed by atoms with E-state index >= 15 is 0 Å². The van der Waals surface area contributed by atoms with E-state index in [-0.39, 0.29) is 12.4 Å². The number of halogens is 1. The maximum Gasteiger partial charge on any atom is 0.338 e. The minimum Gasteiger partial charge on any atom is -0.493 e. The molecule has 0 aliphatic rings. The van der Waals surface area contributed by atoms with Crippen molar-refractivity contribution in [3.63, 3.8) is 0 Å². The van der Waals surface area contributed by atoms with E-state index < -0.39 is 11.9 Å². The van der Waals surface area contributed by atoms with Crippen LogP contribution in [0.25, 0.3) is 17.1 Å². The zero-order valence-electron chi connectivity index (χ0n) is 21.1. The van der Waals surface area contributed by atoms with Gasteiger partial charge in [-0.2, -0.15) is 0 Å². The van der Waals surface area contributed by atoms with Crippen molar-refractivity contribution in [3.05, 3.63) is 77.1 Å². The van der Waals surface area contributed by atoms with E-state index in [1.807, 2.05) is 0 Å². The molecule has 10 nitrogen and oxygen atoms in total. The molecule has 0 aliphatic carbocycles. The van der Waals surface area contributed by atoms with Gasteiger partial charge >= 0.3 is 5.97 Å². The number of rotatable bonds is 9. The van der Waals surface area contributed by atoms with Gasteiger partial charge in [0.15, 0.2) is 17.3 Å². The summed E-state index contributed by atoms with van der Waals surface area (Å²) in [5.74, 6) is 0.535. The summed E-state index contributed by atoms with van der Waals surface area (Å²) < 4.78 is 22.9. The number of nitrogens with one attached hydrogen (secondary N) is 1. The van der Waals surface area contributed by atoms with Crippen LogP contribution in [0, 0.1) is 0 Å². The largest absolute Gasteiger partial charge is 0.493 e. The molecular formula is C27H25ClN4O6. The zero-order valence-corrected chi connectivity index (χ0v) is 21.9. The third kappa shape index (κ3) is 5.55. The fourth-order valence-electron chi connectivity index (χ4n) is 3.66. The minimum atomic E-state index is -0.546. The van der Waals surface area contributed by atoms with Crippen molar-refractivity contribution in [3.8, 4) is 34.3 Å². The summed E-state index contributed by atoms with van der Waals surface area (Å²) in [6.07, 6.45) is 0. The number of carbonyl (C=O) groups is 2. The van der Waals surface area contributed by atoms with Crippen LogP contribution in [-0.2, 0) is 4.74 Å². The molecule has 0 atom stereocenters. The lowest BCUT2D eigenvalue weighted by atomic mass is 10.1. The number of carbonyl (C=O) groups excluding carboxylic acids is 2. The third-order valence-electron chi connectivity index (χ3n) is 5.46. The maximum atomic E-state index is 13.1. The SMILES string of the molecule is CCOC(=O)c1ccc(NC(=O)c2nc(-c3cc(OC)c(OC)c(OC)c3)n(-c3ccc(Cl)cc3)n2)cc1. The van der Waals surface area contributed by atoms with Crippen LogP contribution >= 0.6 is 11.6 Å². The lowest BCUT2D eigenvalue weighted by Gasteiger charge is -2.14. The number of aromatic nitrogens is 3. The molecule has 1 aromatic heterocycles. The molecule has 196 valence electrons. The first-order valence-electron chi connectivity index (χ1n) is 11.5. The average molecular weight is 537 g/mol. The topological polar surface area (TPSA) is 114 Å². The monoisotopic (exact) mass is 536 g/mol. The van der Waals surface area contributed by atoms with Crippen LogP contribution < -0.4 is 19.5 Å². The third-order valence-corrected chi connectivity index (χ3v) is 5.71. The standard InChI is InChI=1S/C27H25ClN4O6/c1-5-38-27(34)16-6-10-19(11-7-16)29-26(33)24-30-25(32(31-24)20-12-8-18(28)9-13-20)17-14-21(35-2)23(37-4)22(15-17)36-3/h6-15H,5H2,1-4H3,(H,29,33). The number of benzene rings is 3. The number of ether oxygens (including phenoxy) is 4. The first kappa shape index (κ1) is 26.5. The summed E-state index contributed by atoms with van der Waals surface area (Å²) in [5, 5.41) is 7.77. The van der Waals surface area contributed by atoms with Crippen LogP contribution in [0.3, 0.4) is 0 Å². The molecule has 38 heavy (non-hydrogen) atoms. The Bertz CT molecular complexity index is 1430. The van der Waals surface area contributed by atoms with Gasteiger partial charge in [0, 0.05) is 16.3 Å². The number of hydrogen-bond acceptors (Lipinski definition) is 8. The Balaban J connectivity index is 1.73. The van der Waals surface area contributed by atoms with E-state index in [2.05, 4.69) is 15.4 Å². The molecule has 1 heterocycles. The Kier molecular flexibility index (Phi) is 8.12. The molecule has 1 N–H and O–H groups in total. The van der Waals surface area contributed by atoms with Crippen LogP contribution in [0.5, 0.6) is 17.2 Å². The molecule has 3 aromatic carbocycles. The summed E-state index contributed by atoms with van der Waals surface area (Å²) in [7, 11) is 4.53. The summed E-state index contributed by atoms with van der Waals surface area (Å²) in [5.41, 5.74) is 2.03. The molecule has 1 amide bonds. The van der Waals surface area contributed by atoms with Crippen LogP contribution in [0.4, 0.5) is 5.69 Å². The fraction of sp³-hybridized carbons (Fsp3) is 0.185. The van der Waals surface area contributed by atoms with Crippen molar-refractivity contribution in [1.82, 2.24) is 14.8 Å². The van der Waals surface area contributed by atoms with Crippen LogP contribution in [-0.4, -0.2) is 54.6 Å². The van der Waals surface area contributed by atoms with Crippen LogP contribution in [0.1, 0.15) is 27.9 Å². The number of amides is 1. The van der Waals surface area contributed by atoms with E-state index in [4.69, 9.17) is 30.5 Å². The molecule has 4 rings (SSSR count). The summed E-state index contributed by atoms with van der Waals surface area (Å²) in [6.45, 7) is 2.00. The Labute approximate surface area is 224 Å². The highest BCUT2D eigenvalue weighted by Gasteiger charge is 2.22. The van der Waals surface area contributed by atoms with Crippen LogP contribution in [0.15, 0.2) is 60.7 Å². The second-order valence-corrected chi connectivity index (χ2v) is 8.25. The maximum absolute atomic E-state index is 13.1. The summed E-state index contributed by atoms with van der Waals surface area (Å²) in [4.78, 5) is 29.6. The van der Waals surface area contributed by atoms with Crippen molar-refractivity contribution in [1.29, 1.82) is 0 Å². The molecule has 0 radical (unpaired) electrons. The molecule has 0 fully saturated rings. The van der Waals surface area contributed by atoms with Crippen molar-refractivity contribution in [2.45, 2.75) is 6.92 Å². The van der Waals surface area contributed by atoms with E-state index in [1.54, 1.807) is 67.6 Å². The van der Waals surface area contributed by atoms with E-state index in [0.717, 1.165) is 0 Å². The predicted octanol–water partition coefficient (Wildman–Crippen LogP) is 5.04. The molecule has 0 saturated heterocycles. The zero-order chi connectivity index (χ0) is 27.2. The second-order valence-electron chi connectivity index (χ2n) is 7.81. The van der Waals surface area contributed by atoms with Gasteiger partial charge in [-0.3, -0.25) is 4.79 Å². The van der Waals surface area contributed by atoms with Gasteiger partial charge in [0.25, 0.3) is 5.91 Å². The lowest BCUT2D eigenvalue weighted by molar-refractivity contribution is 0.0526. The quantitative estimate of drug-likeness (QED) is 0.296. The molecular weight excluding hydrogens is 512 g/mol. The minimum absolute atomic E-state index is 0.0850. The second kappa shape index (κ2) is 11.7. The Hall–Kier alpha value is -4.57. The van der Waals surface area contributed by atoms with Crippen molar-refractivity contribution >= 4 is 29.2 Å². The van der Waals surface area contributed by atoms with Crippen molar-refractivity contribution in [2.75, 3.05) is 33.3 Å². The number of esters is 1. The average Bonchev–Trinajstić information content (AvgIpc) is 3.39. The highest BCUT2D eigenvalue weighted by Crippen LogP contribution is 2.41. The first-order valence-corrected chi connectivity index (χ1v) is 11.9. The van der Waals surface area contributed by atoms with E-state index in [9.17, 15) is 9.59 Å². The van der Waals surface area contributed by atoms with E-state index in [0.29, 0.717) is 50.6 Å². The smallest absolute Gasteiger partial charge is 0.338 e. The molecule has 11 heteroatoms. The van der Waals surface area contributed by atoms with Crippen molar-refractivity contribution in [2.24, 2.45) is 0 Å². The van der Waals surface area contributed by atoms with Gasteiger partial charge in [0.1, 0.15) is 0 Å². The number of anilines is 1. The summed E-state index contributed by atoms with van der Waals surface area (Å²) >= 11 is 6.08. The normalized spacial score (nSPS) is 10.6. The number of hydrogen-bond donors (Lipinski definition) is 1. The number of nitrogens with zero attached hydrogens (tertiary/aromatic N) is 3. The van der Waals surface area contributed by atoms with Gasteiger partial charge in [-0.05, 0) is 67.6 Å². The molecule has 0 spiro atoms. The van der Waals surface area contributed by atoms with Gasteiger partial charge in [-0.1, -0.05) is 11.6 Å². The Morgan fingerprint density at radius 3 is 2.11 bits per heavy atom. The molecule has 0 unspecified atom stereocenters. The molecule has 0 aliphatic heterocycles. The van der Waals surface area contributed by atoms with Gasteiger partial charge < -0.3 is 24.3 Å². The van der Waals surface area contributed by atoms with Gasteiger partial charge in [-0.25, -0.2) is 14.5 Å².